The van der Waals surface area contributed by atoms with Crippen LogP contribution in [0.3, 0.4) is 0 Å². The number of carbonyl (C=O) groups excluding carboxylic acids is 2. The Hall–Kier alpha value is -2.37. The minimum Gasteiger partial charge on any atom is -0.495 e. The number of ether oxygens (including phenoxy) is 1. The maximum atomic E-state index is 11.9. The van der Waals surface area contributed by atoms with E-state index in [9.17, 15) is 9.59 Å². The van der Waals surface area contributed by atoms with E-state index in [0.717, 1.165) is 0 Å². The van der Waals surface area contributed by atoms with Crippen molar-refractivity contribution in [3.8, 4) is 5.75 Å². The highest BCUT2D eigenvalue weighted by Crippen LogP contribution is 2.22. The Bertz CT molecular complexity index is 539. The number of nitrogens with zero attached hydrogens (tertiary/aromatic N) is 1. The smallest absolute Gasteiger partial charge is 0.242 e. The summed E-state index contributed by atoms with van der Waals surface area (Å²) in [6.07, 6.45) is 0.0937. The Morgan fingerprint density at radius 2 is 1.95 bits per heavy atom. The first-order valence-corrected chi connectivity index (χ1v) is 6.70. The molecule has 0 spiro atoms. The molecule has 1 rings (SSSR count). The molecule has 1 aromatic carbocycles. The molecule has 6 heteroatoms. The number of methoxy groups -OCH3 is 1. The molecular weight excluding hydrogens is 270 g/mol. The number of nitrogens with one attached hydrogen (secondary N) is 2. The van der Waals surface area contributed by atoms with Crippen LogP contribution in [0.4, 0.5) is 5.69 Å². The van der Waals surface area contributed by atoms with E-state index >= 15 is 0 Å². The Morgan fingerprint density at radius 1 is 1.29 bits per heavy atom. The fraction of sp³-hybridized carbons (Fsp3) is 0.400. The van der Waals surface area contributed by atoms with E-state index in [2.05, 4.69) is 15.8 Å². The van der Waals surface area contributed by atoms with Gasteiger partial charge in [-0.3, -0.25) is 9.59 Å². The molecule has 0 aliphatic carbocycles. The fourth-order valence-electron chi connectivity index (χ4n) is 1.49. The summed E-state index contributed by atoms with van der Waals surface area (Å²) in [7, 11) is 1.54. The molecule has 0 heterocycles. The van der Waals surface area contributed by atoms with Crippen molar-refractivity contribution in [1.82, 2.24) is 5.43 Å². The van der Waals surface area contributed by atoms with Crippen LogP contribution >= 0.6 is 0 Å². The van der Waals surface area contributed by atoms with Crippen molar-refractivity contribution in [2.45, 2.75) is 27.2 Å². The first-order valence-electron chi connectivity index (χ1n) is 6.70. The number of carbonyl (C=O) groups is 2. The Labute approximate surface area is 124 Å². The van der Waals surface area contributed by atoms with Crippen LogP contribution in [0.5, 0.6) is 5.75 Å². The van der Waals surface area contributed by atoms with Crippen molar-refractivity contribution >= 4 is 23.2 Å². The van der Waals surface area contributed by atoms with Gasteiger partial charge in [-0.2, -0.15) is 5.10 Å². The number of anilines is 1. The summed E-state index contributed by atoms with van der Waals surface area (Å²) >= 11 is 0. The third-order valence-electron chi connectivity index (χ3n) is 2.68. The van der Waals surface area contributed by atoms with Crippen LogP contribution in [-0.4, -0.2) is 24.6 Å². The van der Waals surface area contributed by atoms with Crippen molar-refractivity contribution in [1.29, 1.82) is 0 Å². The topological polar surface area (TPSA) is 79.8 Å². The summed E-state index contributed by atoms with van der Waals surface area (Å²) < 4.78 is 5.15. The van der Waals surface area contributed by atoms with E-state index in [-0.39, 0.29) is 24.2 Å². The highest BCUT2D eigenvalue weighted by atomic mass is 16.5. The zero-order valence-corrected chi connectivity index (χ0v) is 12.8. The van der Waals surface area contributed by atoms with Crippen LogP contribution in [-0.2, 0) is 9.59 Å². The number of amides is 2. The minimum atomic E-state index is -0.223. The van der Waals surface area contributed by atoms with Crippen molar-refractivity contribution in [2.75, 3.05) is 12.4 Å². The maximum Gasteiger partial charge on any atom is 0.242 e. The molecule has 0 saturated heterocycles. The van der Waals surface area contributed by atoms with E-state index in [1.807, 2.05) is 12.1 Å². The lowest BCUT2D eigenvalue weighted by Gasteiger charge is -2.09. The van der Waals surface area contributed by atoms with Crippen LogP contribution in [0.2, 0.25) is 0 Å². The standard InChI is InChI=1S/C15H21N3O3/c1-10(2)15(20)18-17-11(3)9-14(19)16-12-7-5-6-8-13(12)21-4/h5-8,10H,9H2,1-4H3,(H,16,19)(H,18,20). The Morgan fingerprint density at radius 3 is 2.57 bits per heavy atom. The lowest BCUT2D eigenvalue weighted by Crippen LogP contribution is -2.25. The maximum absolute atomic E-state index is 11.9. The van der Waals surface area contributed by atoms with Crippen LogP contribution in [0, 0.1) is 5.92 Å². The molecule has 21 heavy (non-hydrogen) atoms. The molecule has 0 aliphatic rings. The van der Waals surface area contributed by atoms with Gasteiger partial charge in [0, 0.05) is 11.6 Å². The number of para-hydroxylation sites is 2. The molecule has 1 aromatic rings. The summed E-state index contributed by atoms with van der Waals surface area (Å²) in [5, 5.41) is 6.64. The summed E-state index contributed by atoms with van der Waals surface area (Å²) in [6, 6.07) is 7.15. The Kier molecular flexibility index (Phi) is 6.39. The van der Waals surface area contributed by atoms with Crippen molar-refractivity contribution in [3.63, 3.8) is 0 Å². The fourth-order valence-corrected chi connectivity index (χ4v) is 1.49. The van der Waals surface area contributed by atoms with Gasteiger partial charge in [0.1, 0.15) is 5.75 Å². The van der Waals surface area contributed by atoms with E-state index < -0.39 is 0 Å². The number of benzene rings is 1. The van der Waals surface area contributed by atoms with Crippen molar-refractivity contribution in [3.05, 3.63) is 24.3 Å². The molecule has 0 radical (unpaired) electrons. The molecule has 0 aromatic heterocycles. The first-order chi connectivity index (χ1) is 9.93. The summed E-state index contributed by atoms with van der Waals surface area (Å²) in [4.78, 5) is 23.3. The van der Waals surface area contributed by atoms with Crippen LogP contribution in [0.25, 0.3) is 0 Å². The van der Waals surface area contributed by atoms with Crippen molar-refractivity contribution in [2.24, 2.45) is 11.0 Å². The van der Waals surface area contributed by atoms with Gasteiger partial charge in [-0.05, 0) is 19.1 Å². The predicted octanol–water partition coefficient (Wildman–Crippen LogP) is 2.17. The highest BCUT2D eigenvalue weighted by molar-refractivity contribution is 6.06. The van der Waals surface area contributed by atoms with Gasteiger partial charge in [0.15, 0.2) is 0 Å². The van der Waals surface area contributed by atoms with Crippen LogP contribution in [0.1, 0.15) is 27.2 Å². The monoisotopic (exact) mass is 291 g/mol. The molecule has 0 aliphatic heterocycles. The number of hydrogen-bond acceptors (Lipinski definition) is 4. The zero-order valence-electron chi connectivity index (χ0n) is 12.8. The summed E-state index contributed by atoms with van der Waals surface area (Å²) in [5.41, 5.74) is 3.54. The van der Waals surface area contributed by atoms with E-state index in [4.69, 9.17) is 4.74 Å². The zero-order chi connectivity index (χ0) is 15.8. The van der Waals surface area contributed by atoms with Gasteiger partial charge in [0.25, 0.3) is 0 Å². The van der Waals surface area contributed by atoms with Crippen molar-refractivity contribution < 1.29 is 14.3 Å². The second-order valence-electron chi connectivity index (χ2n) is 4.90. The average molecular weight is 291 g/mol. The van der Waals surface area contributed by atoms with Gasteiger partial charge in [-0.1, -0.05) is 26.0 Å². The number of hydrogen-bond donors (Lipinski definition) is 2. The number of hydrazone groups is 1. The second kappa shape index (κ2) is 8.04. The van der Waals surface area contributed by atoms with Gasteiger partial charge in [-0.25, -0.2) is 5.43 Å². The van der Waals surface area contributed by atoms with E-state index in [0.29, 0.717) is 17.1 Å². The molecule has 0 atom stereocenters. The molecule has 0 bridgehead atoms. The molecule has 114 valence electrons. The van der Waals surface area contributed by atoms with Gasteiger partial charge in [0.05, 0.1) is 19.2 Å². The molecule has 6 nitrogen and oxygen atoms in total. The van der Waals surface area contributed by atoms with Crippen LogP contribution < -0.4 is 15.5 Å². The molecular formula is C15H21N3O3. The van der Waals surface area contributed by atoms with Gasteiger partial charge in [0.2, 0.25) is 11.8 Å². The van der Waals surface area contributed by atoms with Gasteiger partial charge >= 0.3 is 0 Å². The minimum absolute atomic E-state index is 0.0937. The van der Waals surface area contributed by atoms with Crippen LogP contribution in [0.15, 0.2) is 29.4 Å². The lowest BCUT2D eigenvalue weighted by molar-refractivity contribution is -0.124. The SMILES string of the molecule is COc1ccccc1NC(=O)CC(C)=NNC(=O)C(C)C. The number of rotatable bonds is 6. The van der Waals surface area contributed by atoms with E-state index in [1.165, 1.54) is 0 Å². The molecule has 0 fully saturated rings. The summed E-state index contributed by atoms with van der Waals surface area (Å²) in [5.74, 6) is 0.0385. The van der Waals surface area contributed by atoms with E-state index in [1.54, 1.807) is 40.0 Å². The molecule has 2 N–H and O–H groups in total. The van der Waals surface area contributed by atoms with Gasteiger partial charge in [-0.15, -0.1) is 0 Å². The Balaban J connectivity index is 2.57. The normalized spacial score (nSPS) is 11.2. The quantitative estimate of drug-likeness (QED) is 0.622. The lowest BCUT2D eigenvalue weighted by atomic mass is 10.2. The predicted molar refractivity (Wildman–Crippen MR) is 82.3 cm³/mol. The third-order valence-corrected chi connectivity index (χ3v) is 2.68. The summed E-state index contributed by atoms with van der Waals surface area (Å²) in [6.45, 7) is 5.23. The molecule has 0 unspecified atom stereocenters. The largest absolute Gasteiger partial charge is 0.495 e. The third kappa shape index (κ3) is 5.64. The molecule has 2 amide bonds. The van der Waals surface area contributed by atoms with Gasteiger partial charge < -0.3 is 10.1 Å². The highest BCUT2D eigenvalue weighted by Gasteiger charge is 2.09. The average Bonchev–Trinajstić information content (AvgIpc) is 2.45. The second-order valence-corrected chi connectivity index (χ2v) is 4.90. The first kappa shape index (κ1) is 16.7. The molecule has 0 saturated carbocycles.